The topological polar surface area (TPSA) is 72.0 Å². The molecule has 0 atom stereocenters. The molecule has 1 aromatic rings. The summed E-state index contributed by atoms with van der Waals surface area (Å²) < 4.78 is 5.35. The van der Waals surface area contributed by atoms with E-state index in [1.54, 1.807) is 7.05 Å². The minimum atomic E-state index is 0.367. The number of ether oxygens (including phenoxy) is 1. The van der Waals surface area contributed by atoms with Crippen molar-refractivity contribution in [2.24, 2.45) is 11.8 Å². The van der Waals surface area contributed by atoms with Crippen molar-refractivity contribution < 1.29 is 4.74 Å². The molecule has 1 aliphatic rings. The number of nitrogens with zero attached hydrogens (tertiary/aromatic N) is 3. The third-order valence-electron chi connectivity index (χ3n) is 4.08. The van der Waals surface area contributed by atoms with E-state index >= 15 is 0 Å². The Morgan fingerprint density at radius 2 is 1.81 bits per heavy atom. The summed E-state index contributed by atoms with van der Waals surface area (Å²) in [5.74, 6) is 2.86. The summed E-state index contributed by atoms with van der Waals surface area (Å²) >= 11 is 0. The van der Waals surface area contributed by atoms with E-state index < -0.39 is 0 Å². The maximum absolute atomic E-state index is 5.35. The summed E-state index contributed by atoms with van der Waals surface area (Å²) in [6, 6.07) is 0.367. The van der Waals surface area contributed by atoms with Crippen LogP contribution >= 0.6 is 0 Å². The molecule has 0 saturated heterocycles. The predicted molar refractivity (Wildman–Crippen MR) is 84.8 cm³/mol. The lowest BCUT2D eigenvalue weighted by molar-refractivity contribution is 0.281. The first kappa shape index (κ1) is 15.8. The molecule has 21 heavy (non-hydrogen) atoms. The number of rotatable bonds is 7. The molecule has 6 nitrogen and oxygen atoms in total. The highest BCUT2D eigenvalue weighted by atomic mass is 16.5. The molecule has 0 radical (unpaired) electrons. The van der Waals surface area contributed by atoms with E-state index in [0.717, 1.165) is 18.4 Å². The van der Waals surface area contributed by atoms with Crippen LogP contribution < -0.4 is 15.4 Å². The third kappa shape index (κ3) is 5.02. The smallest absolute Gasteiger partial charge is 0.323 e. The second kappa shape index (κ2) is 8.00. The highest BCUT2D eigenvalue weighted by molar-refractivity contribution is 5.35. The Balaban J connectivity index is 1.83. The monoisotopic (exact) mass is 293 g/mol. The van der Waals surface area contributed by atoms with Gasteiger partial charge in [0, 0.05) is 13.6 Å². The van der Waals surface area contributed by atoms with Gasteiger partial charge in [-0.05, 0) is 25.2 Å². The largest absolute Gasteiger partial charge is 0.464 e. The van der Waals surface area contributed by atoms with Gasteiger partial charge in [0.05, 0.1) is 6.61 Å². The summed E-state index contributed by atoms with van der Waals surface area (Å²) in [7, 11) is 1.79. The molecule has 0 spiro atoms. The summed E-state index contributed by atoms with van der Waals surface area (Å²) in [5, 5.41) is 6.22. The summed E-state index contributed by atoms with van der Waals surface area (Å²) in [6.07, 6.45) is 6.62. The van der Waals surface area contributed by atoms with Crippen molar-refractivity contribution in [1.29, 1.82) is 0 Å². The van der Waals surface area contributed by atoms with Gasteiger partial charge in [0.15, 0.2) is 0 Å². The molecule has 6 heteroatoms. The fraction of sp³-hybridized carbons (Fsp3) is 0.800. The van der Waals surface area contributed by atoms with Gasteiger partial charge in [-0.3, -0.25) is 0 Å². The van der Waals surface area contributed by atoms with E-state index in [9.17, 15) is 0 Å². The van der Waals surface area contributed by atoms with Crippen molar-refractivity contribution in [2.45, 2.75) is 46.0 Å². The van der Waals surface area contributed by atoms with Gasteiger partial charge >= 0.3 is 6.01 Å². The van der Waals surface area contributed by atoms with Crippen LogP contribution in [0.15, 0.2) is 0 Å². The first-order valence-corrected chi connectivity index (χ1v) is 8.01. The second-order valence-electron chi connectivity index (χ2n) is 5.79. The van der Waals surface area contributed by atoms with Crippen LogP contribution in [0, 0.1) is 11.8 Å². The molecule has 118 valence electrons. The van der Waals surface area contributed by atoms with E-state index in [4.69, 9.17) is 4.74 Å². The zero-order valence-electron chi connectivity index (χ0n) is 13.4. The predicted octanol–water partition coefficient (Wildman–Crippen LogP) is 2.94. The van der Waals surface area contributed by atoms with Gasteiger partial charge in [0.25, 0.3) is 0 Å². The van der Waals surface area contributed by atoms with Crippen LogP contribution in [-0.2, 0) is 0 Å². The first-order chi connectivity index (χ1) is 10.2. The lowest BCUT2D eigenvalue weighted by Crippen LogP contribution is -2.17. The van der Waals surface area contributed by atoms with Crippen LogP contribution in [0.25, 0.3) is 0 Å². The minimum Gasteiger partial charge on any atom is -0.464 e. The van der Waals surface area contributed by atoms with Gasteiger partial charge < -0.3 is 15.4 Å². The summed E-state index contributed by atoms with van der Waals surface area (Å²) in [5.41, 5.74) is 0. The molecular weight excluding hydrogens is 266 g/mol. The number of hydrogen-bond acceptors (Lipinski definition) is 6. The molecule has 1 aromatic heterocycles. The molecule has 1 aliphatic carbocycles. The Hall–Kier alpha value is -1.59. The Kier molecular flexibility index (Phi) is 6.02. The maximum Gasteiger partial charge on any atom is 0.323 e. The van der Waals surface area contributed by atoms with Crippen LogP contribution in [0.3, 0.4) is 0 Å². The molecule has 0 aliphatic heterocycles. The van der Waals surface area contributed by atoms with Crippen molar-refractivity contribution in [1.82, 2.24) is 15.0 Å². The SMILES string of the molecule is CCOc1nc(NC)nc(NCCC2CCC(C)CC2)n1. The fourth-order valence-electron chi connectivity index (χ4n) is 2.75. The van der Waals surface area contributed by atoms with Crippen molar-refractivity contribution in [3.63, 3.8) is 0 Å². The van der Waals surface area contributed by atoms with Gasteiger partial charge in [-0.2, -0.15) is 15.0 Å². The Labute approximate surface area is 127 Å². The average molecular weight is 293 g/mol. The maximum atomic E-state index is 5.35. The van der Waals surface area contributed by atoms with Crippen LogP contribution in [0.4, 0.5) is 11.9 Å². The van der Waals surface area contributed by atoms with Crippen LogP contribution in [0.1, 0.15) is 46.0 Å². The number of aromatic nitrogens is 3. The molecule has 1 heterocycles. The van der Waals surface area contributed by atoms with Crippen LogP contribution in [0.5, 0.6) is 6.01 Å². The van der Waals surface area contributed by atoms with E-state index in [1.165, 1.54) is 32.1 Å². The van der Waals surface area contributed by atoms with Crippen molar-refractivity contribution in [3.8, 4) is 6.01 Å². The highest BCUT2D eigenvalue weighted by Crippen LogP contribution is 2.30. The number of nitrogens with one attached hydrogen (secondary N) is 2. The summed E-state index contributed by atoms with van der Waals surface area (Å²) in [4.78, 5) is 12.7. The molecule has 1 saturated carbocycles. The Morgan fingerprint density at radius 3 is 2.48 bits per heavy atom. The first-order valence-electron chi connectivity index (χ1n) is 8.01. The molecule has 0 unspecified atom stereocenters. The molecule has 0 bridgehead atoms. The van der Waals surface area contributed by atoms with Gasteiger partial charge in [0.1, 0.15) is 0 Å². The lowest BCUT2D eigenvalue weighted by Gasteiger charge is -2.26. The van der Waals surface area contributed by atoms with E-state index in [0.29, 0.717) is 24.5 Å². The quantitative estimate of drug-likeness (QED) is 0.805. The van der Waals surface area contributed by atoms with Gasteiger partial charge in [-0.15, -0.1) is 0 Å². The zero-order chi connectivity index (χ0) is 15.1. The highest BCUT2D eigenvalue weighted by Gasteiger charge is 2.17. The van der Waals surface area contributed by atoms with Gasteiger partial charge in [0.2, 0.25) is 11.9 Å². The van der Waals surface area contributed by atoms with Crippen molar-refractivity contribution >= 4 is 11.9 Å². The van der Waals surface area contributed by atoms with E-state index in [2.05, 4.69) is 32.5 Å². The minimum absolute atomic E-state index is 0.367. The van der Waals surface area contributed by atoms with Gasteiger partial charge in [-0.25, -0.2) is 0 Å². The fourth-order valence-corrected chi connectivity index (χ4v) is 2.75. The molecular formula is C15H27N5O. The lowest BCUT2D eigenvalue weighted by atomic mass is 9.81. The van der Waals surface area contributed by atoms with Crippen molar-refractivity contribution in [3.05, 3.63) is 0 Å². The van der Waals surface area contributed by atoms with Gasteiger partial charge in [-0.1, -0.05) is 32.6 Å². The van der Waals surface area contributed by atoms with Crippen LogP contribution in [-0.4, -0.2) is 35.2 Å². The summed E-state index contributed by atoms with van der Waals surface area (Å²) in [6.45, 7) is 5.72. The Morgan fingerprint density at radius 1 is 1.10 bits per heavy atom. The number of anilines is 2. The average Bonchev–Trinajstić information content (AvgIpc) is 2.49. The molecule has 1 fully saturated rings. The third-order valence-corrected chi connectivity index (χ3v) is 4.08. The van der Waals surface area contributed by atoms with E-state index in [1.807, 2.05) is 6.92 Å². The molecule has 2 rings (SSSR count). The second-order valence-corrected chi connectivity index (χ2v) is 5.79. The van der Waals surface area contributed by atoms with Crippen molar-refractivity contribution in [2.75, 3.05) is 30.8 Å². The normalized spacial score (nSPS) is 21.9. The molecule has 2 N–H and O–H groups in total. The molecule has 0 aromatic carbocycles. The zero-order valence-corrected chi connectivity index (χ0v) is 13.4. The standard InChI is InChI=1S/C15H27N5O/c1-4-21-15-19-13(16-3)18-14(20-15)17-10-9-12-7-5-11(2)6-8-12/h11-12H,4-10H2,1-3H3,(H2,16,17,18,19,20). The number of hydrogen-bond donors (Lipinski definition) is 2. The van der Waals surface area contributed by atoms with Crippen LogP contribution in [0.2, 0.25) is 0 Å². The van der Waals surface area contributed by atoms with E-state index in [-0.39, 0.29) is 0 Å². The Bertz CT molecular complexity index is 432. The molecule has 0 amide bonds.